The van der Waals surface area contributed by atoms with Gasteiger partial charge in [-0.2, -0.15) is 5.10 Å². The Balaban J connectivity index is 2.74. The first-order valence-electron chi connectivity index (χ1n) is 6.69. The van der Waals surface area contributed by atoms with E-state index in [1.54, 1.807) is 12.1 Å². The standard InChI is InChI=1S/C14H17N3O6/c1-21-9-5-4-8(11(22-2)12(9)23-3)10-13(19)15-14(20)17(16-10)6-7-18/h4-5,18H,6-7H2,1-3H3,(H,15,19,20). The Bertz CT molecular complexity index is 811. The van der Waals surface area contributed by atoms with E-state index in [0.717, 1.165) is 4.68 Å². The van der Waals surface area contributed by atoms with Crippen LogP contribution in [0.3, 0.4) is 0 Å². The van der Waals surface area contributed by atoms with E-state index >= 15 is 0 Å². The number of benzene rings is 1. The molecule has 2 aromatic rings. The maximum atomic E-state index is 12.1. The maximum absolute atomic E-state index is 12.1. The van der Waals surface area contributed by atoms with Crippen LogP contribution < -0.4 is 25.5 Å². The molecule has 0 bridgehead atoms. The lowest BCUT2D eigenvalue weighted by Gasteiger charge is -2.15. The van der Waals surface area contributed by atoms with Gasteiger partial charge in [0.25, 0.3) is 5.56 Å². The van der Waals surface area contributed by atoms with Crippen molar-refractivity contribution in [1.29, 1.82) is 0 Å². The SMILES string of the molecule is COc1ccc(-c2nn(CCO)c(=O)[nH]c2=O)c(OC)c1OC. The fourth-order valence-electron chi connectivity index (χ4n) is 2.14. The second kappa shape index (κ2) is 6.97. The molecule has 0 spiro atoms. The molecule has 0 saturated heterocycles. The van der Waals surface area contributed by atoms with Crippen molar-refractivity contribution in [3.63, 3.8) is 0 Å². The van der Waals surface area contributed by atoms with Crippen LogP contribution in [0.1, 0.15) is 0 Å². The zero-order valence-electron chi connectivity index (χ0n) is 13.0. The molecule has 9 heteroatoms. The van der Waals surface area contributed by atoms with E-state index in [0.29, 0.717) is 17.1 Å². The average molecular weight is 323 g/mol. The molecule has 2 N–H and O–H groups in total. The molecule has 9 nitrogen and oxygen atoms in total. The third-order valence-electron chi connectivity index (χ3n) is 3.16. The second-order valence-corrected chi connectivity index (χ2v) is 4.44. The zero-order chi connectivity index (χ0) is 17.0. The summed E-state index contributed by atoms with van der Waals surface area (Å²) in [6.07, 6.45) is 0. The van der Waals surface area contributed by atoms with Crippen LogP contribution in [-0.2, 0) is 6.54 Å². The first-order chi connectivity index (χ1) is 11.1. The Morgan fingerprint density at radius 2 is 1.83 bits per heavy atom. The van der Waals surface area contributed by atoms with E-state index in [4.69, 9.17) is 19.3 Å². The number of aromatic nitrogens is 3. The van der Waals surface area contributed by atoms with Crippen LogP contribution in [-0.4, -0.2) is 47.8 Å². The Kier molecular flexibility index (Phi) is 5.02. The lowest BCUT2D eigenvalue weighted by Crippen LogP contribution is -2.34. The highest BCUT2D eigenvalue weighted by Crippen LogP contribution is 2.42. The molecule has 1 heterocycles. The molecule has 0 atom stereocenters. The van der Waals surface area contributed by atoms with Gasteiger partial charge in [-0.25, -0.2) is 9.48 Å². The van der Waals surface area contributed by atoms with Gasteiger partial charge in [0.2, 0.25) is 5.75 Å². The molecule has 1 aromatic carbocycles. The first kappa shape index (κ1) is 16.6. The molecule has 0 saturated carbocycles. The number of aliphatic hydroxyl groups is 1. The summed E-state index contributed by atoms with van der Waals surface area (Å²) in [4.78, 5) is 25.9. The molecule has 0 radical (unpaired) electrons. The van der Waals surface area contributed by atoms with Crippen molar-refractivity contribution >= 4 is 0 Å². The van der Waals surface area contributed by atoms with Gasteiger partial charge in [0.05, 0.1) is 40.0 Å². The van der Waals surface area contributed by atoms with Gasteiger partial charge in [0.15, 0.2) is 17.2 Å². The average Bonchev–Trinajstić information content (AvgIpc) is 2.56. The lowest BCUT2D eigenvalue weighted by atomic mass is 10.1. The van der Waals surface area contributed by atoms with Crippen molar-refractivity contribution in [2.45, 2.75) is 6.54 Å². The smallest absolute Gasteiger partial charge is 0.344 e. The molecule has 23 heavy (non-hydrogen) atoms. The largest absolute Gasteiger partial charge is 0.493 e. The molecule has 0 unspecified atom stereocenters. The zero-order valence-corrected chi connectivity index (χ0v) is 13.0. The van der Waals surface area contributed by atoms with E-state index in [2.05, 4.69) is 10.1 Å². The summed E-state index contributed by atoms with van der Waals surface area (Å²) in [6, 6.07) is 3.17. The predicted octanol–water partition coefficient (Wildman–Crippen LogP) is -0.383. The summed E-state index contributed by atoms with van der Waals surface area (Å²) in [7, 11) is 4.33. The summed E-state index contributed by atoms with van der Waals surface area (Å²) < 4.78 is 16.7. The minimum Gasteiger partial charge on any atom is -0.493 e. The highest BCUT2D eigenvalue weighted by Gasteiger charge is 2.20. The van der Waals surface area contributed by atoms with Crippen LogP contribution in [0.15, 0.2) is 21.7 Å². The fraction of sp³-hybridized carbons (Fsp3) is 0.357. The Hall–Kier alpha value is -2.81. The van der Waals surface area contributed by atoms with E-state index in [1.165, 1.54) is 21.3 Å². The van der Waals surface area contributed by atoms with Crippen LogP contribution in [0.2, 0.25) is 0 Å². The van der Waals surface area contributed by atoms with Gasteiger partial charge in [0.1, 0.15) is 0 Å². The van der Waals surface area contributed by atoms with Crippen molar-refractivity contribution in [2.24, 2.45) is 0 Å². The highest BCUT2D eigenvalue weighted by atomic mass is 16.5. The predicted molar refractivity (Wildman–Crippen MR) is 81.3 cm³/mol. The van der Waals surface area contributed by atoms with Crippen molar-refractivity contribution in [3.8, 4) is 28.5 Å². The van der Waals surface area contributed by atoms with Gasteiger partial charge >= 0.3 is 5.69 Å². The van der Waals surface area contributed by atoms with Crippen molar-refractivity contribution < 1.29 is 19.3 Å². The third-order valence-corrected chi connectivity index (χ3v) is 3.16. The van der Waals surface area contributed by atoms with Gasteiger partial charge in [-0.15, -0.1) is 0 Å². The number of nitrogens with zero attached hydrogens (tertiary/aromatic N) is 2. The van der Waals surface area contributed by atoms with Gasteiger partial charge in [-0.3, -0.25) is 9.78 Å². The van der Waals surface area contributed by atoms with Gasteiger partial charge in [0, 0.05) is 0 Å². The van der Waals surface area contributed by atoms with Crippen LogP contribution >= 0.6 is 0 Å². The molecule has 0 aliphatic heterocycles. The molecule has 2 rings (SSSR count). The van der Waals surface area contributed by atoms with Gasteiger partial charge < -0.3 is 19.3 Å². The van der Waals surface area contributed by atoms with E-state index in [1.807, 2.05) is 0 Å². The topological polar surface area (TPSA) is 116 Å². The Morgan fingerprint density at radius 1 is 1.13 bits per heavy atom. The van der Waals surface area contributed by atoms with Crippen LogP contribution in [0.4, 0.5) is 0 Å². The molecule has 124 valence electrons. The summed E-state index contributed by atoms with van der Waals surface area (Å²) in [5, 5.41) is 13.0. The van der Waals surface area contributed by atoms with Crippen molar-refractivity contribution in [2.75, 3.05) is 27.9 Å². The van der Waals surface area contributed by atoms with Crippen LogP contribution in [0.5, 0.6) is 17.2 Å². The van der Waals surface area contributed by atoms with Crippen LogP contribution in [0, 0.1) is 0 Å². The molecule has 1 aromatic heterocycles. The fourth-order valence-corrected chi connectivity index (χ4v) is 2.14. The molecular weight excluding hydrogens is 306 g/mol. The number of H-pyrrole nitrogens is 1. The summed E-state index contributed by atoms with van der Waals surface area (Å²) >= 11 is 0. The molecule has 0 amide bonds. The highest BCUT2D eigenvalue weighted by molar-refractivity contribution is 5.73. The summed E-state index contributed by atoms with van der Waals surface area (Å²) in [6.45, 7) is -0.334. The number of aromatic amines is 1. The monoisotopic (exact) mass is 323 g/mol. The number of aliphatic hydroxyl groups excluding tert-OH is 1. The van der Waals surface area contributed by atoms with Gasteiger partial charge in [-0.1, -0.05) is 0 Å². The third kappa shape index (κ3) is 3.04. The molecule has 0 fully saturated rings. The Morgan fingerprint density at radius 3 is 2.39 bits per heavy atom. The quantitative estimate of drug-likeness (QED) is 0.744. The lowest BCUT2D eigenvalue weighted by molar-refractivity contribution is 0.265. The number of hydrogen-bond acceptors (Lipinski definition) is 7. The minimum absolute atomic E-state index is 0.0316. The summed E-state index contributed by atoms with van der Waals surface area (Å²) in [5.41, 5.74) is -1.07. The van der Waals surface area contributed by atoms with Crippen LogP contribution in [0.25, 0.3) is 11.3 Å². The maximum Gasteiger partial charge on any atom is 0.344 e. The number of nitrogens with one attached hydrogen (secondary N) is 1. The van der Waals surface area contributed by atoms with Crippen molar-refractivity contribution in [3.05, 3.63) is 33.0 Å². The van der Waals surface area contributed by atoms with E-state index in [9.17, 15) is 9.59 Å². The van der Waals surface area contributed by atoms with Gasteiger partial charge in [-0.05, 0) is 12.1 Å². The number of methoxy groups -OCH3 is 3. The number of rotatable bonds is 6. The number of ether oxygens (including phenoxy) is 3. The minimum atomic E-state index is -0.702. The number of hydrogen-bond donors (Lipinski definition) is 2. The first-order valence-corrected chi connectivity index (χ1v) is 6.69. The molecular formula is C14H17N3O6. The summed E-state index contributed by atoms with van der Waals surface area (Å²) in [5.74, 6) is 0.973. The van der Waals surface area contributed by atoms with Crippen molar-refractivity contribution in [1.82, 2.24) is 14.8 Å². The van der Waals surface area contributed by atoms with E-state index in [-0.39, 0.29) is 24.6 Å². The normalized spacial score (nSPS) is 10.4. The van der Waals surface area contributed by atoms with E-state index < -0.39 is 11.2 Å². The second-order valence-electron chi connectivity index (χ2n) is 4.44. The molecule has 0 aliphatic rings. The molecule has 0 aliphatic carbocycles. The Labute approximate surface area is 131 Å².